The highest BCUT2D eigenvalue weighted by atomic mass is 79.9. The molecule has 0 spiro atoms. The summed E-state index contributed by atoms with van der Waals surface area (Å²) in [5.41, 5.74) is 0. The number of sulfonamides is 1. The van der Waals surface area contributed by atoms with E-state index in [2.05, 4.69) is 26.2 Å². The molecule has 1 aromatic heterocycles. The summed E-state index contributed by atoms with van der Waals surface area (Å²) in [4.78, 5) is 3.97. The van der Waals surface area contributed by atoms with Crippen LogP contribution in [0.5, 0.6) is 0 Å². The fraction of sp³-hybridized carbons (Fsp3) is 0.286. The molecule has 8 heteroatoms. The van der Waals surface area contributed by atoms with Gasteiger partial charge in [0, 0.05) is 12.7 Å². The number of nitrogens with two attached hydrogens (primary N) is 1. The number of rotatable bonds is 4. The standard InChI is InChI=1S/C7H9BrClN3O2S/c8-6-3-5(9)4-12-7(6)11-1-2-15(10,13)14/h3-4H,1-2H2,(H,11,12)(H2,10,13,14). The second-order valence-corrected chi connectivity index (χ2v) is 5.80. The molecule has 0 unspecified atom stereocenters. The van der Waals surface area contributed by atoms with Crippen molar-refractivity contribution in [2.75, 3.05) is 17.6 Å². The van der Waals surface area contributed by atoms with Crippen LogP contribution in [0.3, 0.4) is 0 Å². The first-order valence-corrected chi connectivity index (χ1v) is 6.82. The molecule has 0 aliphatic carbocycles. The molecular formula is C7H9BrClN3O2S. The summed E-state index contributed by atoms with van der Waals surface area (Å²) < 4.78 is 22.0. The molecule has 0 saturated heterocycles. The third-order valence-corrected chi connectivity index (χ3v) is 3.07. The Balaban J connectivity index is 2.59. The number of halogens is 2. The highest BCUT2D eigenvalue weighted by Crippen LogP contribution is 2.22. The van der Waals surface area contributed by atoms with Gasteiger partial charge in [0.05, 0.1) is 15.2 Å². The number of primary sulfonamides is 1. The molecule has 0 fully saturated rings. The second kappa shape index (κ2) is 5.11. The number of nitrogens with one attached hydrogen (secondary N) is 1. The Morgan fingerprint density at radius 1 is 1.60 bits per heavy atom. The van der Waals surface area contributed by atoms with Crippen LogP contribution in [-0.2, 0) is 10.0 Å². The number of hydrogen-bond donors (Lipinski definition) is 2. The van der Waals surface area contributed by atoms with Crippen molar-refractivity contribution in [2.45, 2.75) is 0 Å². The van der Waals surface area contributed by atoms with Crippen molar-refractivity contribution in [3.8, 4) is 0 Å². The molecule has 1 heterocycles. The molecule has 0 aliphatic heterocycles. The first kappa shape index (κ1) is 12.7. The van der Waals surface area contributed by atoms with Crippen LogP contribution in [0, 0.1) is 0 Å². The monoisotopic (exact) mass is 313 g/mol. The minimum absolute atomic E-state index is 0.149. The number of pyridine rings is 1. The van der Waals surface area contributed by atoms with Crippen LogP contribution in [0.25, 0.3) is 0 Å². The predicted molar refractivity (Wildman–Crippen MR) is 63.4 cm³/mol. The van der Waals surface area contributed by atoms with E-state index in [9.17, 15) is 8.42 Å². The van der Waals surface area contributed by atoms with Gasteiger partial charge in [-0.15, -0.1) is 0 Å². The fourth-order valence-electron chi connectivity index (χ4n) is 0.856. The first-order chi connectivity index (χ1) is 6.88. The predicted octanol–water partition coefficient (Wildman–Crippen LogP) is 1.20. The topological polar surface area (TPSA) is 85.1 Å². The lowest BCUT2D eigenvalue weighted by Gasteiger charge is -2.06. The summed E-state index contributed by atoms with van der Waals surface area (Å²) in [5.74, 6) is 0.382. The molecular weight excluding hydrogens is 306 g/mol. The Kier molecular flexibility index (Phi) is 4.32. The molecule has 0 bridgehead atoms. The lowest BCUT2D eigenvalue weighted by molar-refractivity contribution is 0.598. The lowest BCUT2D eigenvalue weighted by atomic mass is 10.4. The zero-order valence-corrected chi connectivity index (χ0v) is 10.7. The van der Waals surface area contributed by atoms with Crippen molar-refractivity contribution >= 4 is 43.4 Å². The Morgan fingerprint density at radius 3 is 2.80 bits per heavy atom. The van der Waals surface area contributed by atoms with Crippen LogP contribution in [0.4, 0.5) is 5.82 Å². The zero-order chi connectivity index (χ0) is 11.5. The van der Waals surface area contributed by atoms with E-state index in [1.165, 1.54) is 6.20 Å². The molecule has 1 aromatic rings. The smallest absolute Gasteiger partial charge is 0.210 e. The van der Waals surface area contributed by atoms with Crippen LogP contribution in [0.2, 0.25) is 5.02 Å². The van der Waals surface area contributed by atoms with E-state index in [1.54, 1.807) is 6.07 Å². The van der Waals surface area contributed by atoms with Crippen LogP contribution in [0.1, 0.15) is 0 Å². The molecule has 0 radical (unpaired) electrons. The van der Waals surface area contributed by atoms with Gasteiger partial charge >= 0.3 is 0 Å². The van der Waals surface area contributed by atoms with E-state index in [-0.39, 0.29) is 12.3 Å². The van der Waals surface area contributed by atoms with Crippen molar-refractivity contribution in [2.24, 2.45) is 5.14 Å². The minimum atomic E-state index is -3.45. The number of aromatic nitrogens is 1. The molecule has 3 N–H and O–H groups in total. The van der Waals surface area contributed by atoms with Crippen molar-refractivity contribution in [1.29, 1.82) is 0 Å². The Labute approximate surface area is 101 Å². The maximum absolute atomic E-state index is 10.6. The third kappa shape index (κ3) is 4.78. The highest BCUT2D eigenvalue weighted by Gasteiger charge is 2.05. The number of nitrogens with zero attached hydrogens (tertiary/aromatic N) is 1. The summed E-state index contributed by atoms with van der Waals surface area (Å²) in [5, 5.41) is 8.16. The van der Waals surface area contributed by atoms with Crippen molar-refractivity contribution < 1.29 is 8.42 Å². The summed E-state index contributed by atoms with van der Waals surface area (Å²) in [7, 11) is -3.45. The summed E-state index contributed by atoms with van der Waals surface area (Å²) in [6.07, 6.45) is 1.46. The van der Waals surface area contributed by atoms with E-state index in [0.29, 0.717) is 15.3 Å². The molecule has 1 rings (SSSR count). The van der Waals surface area contributed by atoms with E-state index in [4.69, 9.17) is 16.7 Å². The van der Waals surface area contributed by atoms with Gasteiger partial charge < -0.3 is 5.32 Å². The Morgan fingerprint density at radius 2 is 2.27 bits per heavy atom. The first-order valence-electron chi connectivity index (χ1n) is 3.94. The van der Waals surface area contributed by atoms with Gasteiger partial charge in [0.25, 0.3) is 0 Å². The lowest BCUT2D eigenvalue weighted by Crippen LogP contribution is -2.22. The van der Waals surface area contributed by atoms with Crippen molar-refractivity contribution in [1.82, 2.24) is 4.98 Å². The minimum Gasteiger partial charge on any atom is -0.368 e. The highest BCUT2D eigenvalue weighted by molar-refractivity contribution is 9.10. The van der Waals surface area contributed by atoms with Gasteiger partial charge in [-0.3, -0.25) is 0 Å². The second-order valence-electron chi connectivity index (χ2n) is 2.78. The van der Waals surface area contributed by atoms with Gasteiger partial charge in [0.2, 0.25) is 10.0 Å². The Hall–Kier alpha value is -0.370. The number of hydrogen-bond acceptors (Lipinski definition) is 4. The van der Waals surface area contributed by atoms with E-state index in [0.717, 1.165) is 0 Å². The van der Waals surface area contributed by atoms with Gasteiger partial charge in [-0.05, 0) is 22.0 Å². The Bertz CT molecular complexity index is 452. The largest absolute Gasteiger partial charge is 0.368 e. The molecule has 0 aliphatic rings. The fourth-order valence-corrected chi connectivity index (χ4v) is 2.02. The van der Waals surface area contributed by atoms with Gasteiger partial charge in [-0.25, -0.2) is 18.5 Å². The van der Waals surface area contributed by atoms with Crippen molar-refractivity contribution in [3.05, 3.63) is 21.8 Å². The van der Waals surface area contributed by atoms with Gasteiger partial charge in [-0.2, -0.15) is 0 Å². The third-order valence-electron chi connectivity index (χ3n) is 1.49. The molecule has 15 heavy (non-hydrogen) atoms. The average Bonchev–Trinajstić information content (AvgIpc) is 2.07. The average molecular weight is 315 g/mol. The zero-order valence-electron chi connectivity index (χ0n) is 7.57. The molecule has 5 nitrogen and oxygen atoms in total. The van der Waals surface area contributed by atoms with Gasteiger partial charge in [-0.1, -0.05) is 11.6 Å². The van der Waals surface area contributed by atoms with Crippen LogP contribution < -0.4 is 10.5 Å². The maximum Gasteiger partial charge on any atom is 0.210 e. The van der Waals surface area contributed by atoms with Crippen LogP contribution in [0.15, 0.2) is 16.7 Å². The van der Waals surface area contributed by atoms with E-state index < -0.39 is 10.0 Å². The van der Waals surface area contributed by atoms with Gasteiger partial charge in [0.15, 0.2) is 0 Å². The summed E-state index contributed by atoms with van der Waals surface area (Å²) in [6, 6.07) is 1.66. The summed E-state index contributed by atoms with van der Waals surface area (Å²) >= 11 is 8.93. The summed E-state index contributed by atoms with van der Waals surface area (Å²) in [6.45, 7) is 0.200. The van der Waals surface area contributed by atoms with E-state index >= 15 is 0 Å². The molecule has 0 amide bonds. The molecule has 0 atom stereocenters. The van der Waals surface area contributed by atoms with Crippen molar-refractivity contribution in [3.63, 3.8) is 0 Å². The molecule has 0 aromatic carbocycles. The quantitative estimate of drug-likeness (QED) is 0.874. The normalized spacial score (nSPS) is 11.4. The maximum atomic E-state index is 10.6. The van der Waals surface area contributed by atoms with Crippen LogP contribution >= 0.6 is 27.5 Å². The molecule has 0 saturated carbocycles. The van der Waals surface area contributed by atoms with Gasteiger partial charge in [0.1, 0.15) is 5.82 Å². The molecule has 84 valence electrons. The van der Waals surface area contributed by atoms with E-state index in [1.807, 2.05) is 0 Å². The number of anilines is 1. The van der Waals surface area contributed by atoms with Crippen LogP contribution in [-0.4, -0.2) is 25.7 Å². The SMILES string of the molecule is NS(=O)(=O)CCNc1ncc(Cl)cc1Br.